The molecule has 0 saturated heterocycles. The summed E-state index contributed by atoms with van der Waals surface area (Å²) < 4.78 is 11.2. The molecule has 2 rings (SSSR count). The highest BCUT2D eigenvalue weighted by Gasteiger charge is 2.17. The summed E-state index contributed by atoms with van der Waals surface area (Å²) in [5.74, 6) is 0.0533. The highest BCUT2D eigenvalue weighted by Crippen LogP contribution is 2.28. The predicted octanol–water partition coefficient (Wildman–Crippen LogP) is 5.57. The summed E-state index contributed by atoms with van der Waals surface area (Å²) in [4.78, 5) is 24.4. The Morgan fingerprint density at radius 2 is 1.68 bits per heavy atom. The SMILES string of the molecule is CCCCCCCOc1ccc(C(=O)NNC(=O)C(C)Oc2ccc(Cl)cc2Cl)cc1. The highest BCUT2D eigenvalue weighted by molar-refractivity contribution is 6.35. The molecule has 0 radical (unpaired) electrons. The molecule has 0 fully saturated rings. The monoisotopic (exact) mass is 466 g/mol. The molecule has 0 aliphatic heterocycles. The Morgan fingerprint density at radius 3 is 2.35 bits per heavy atom. The number of ether oxygens (including phenoxy) is 2. The fourth-order valence-corrected chi connectivity index (χ4v) is 3.16. The molecular weight excluding hydrogens is 439 g/mol. The van der Waals surface area contributed by atoms with Gasteiger partial charge in [-0.25, -0.2) is 0 Å². The summed E-state index contributed by atoms with van der Waals surface area (Å²) in [6, 6.07) is 11.4. The molecule has 0 heterocycles. The minimum atomic E-state index is -0.882. The Morgan fingerprint density at radius 1 is 0.968 bits per heavy atom. The molecule has 8 heteroatoms. The standard InChI is InChI=1S/C23H28Cl2N2O4/c1-3-4-5-6-7-14-30-19-11-8-17(9-12-19)23(29)27-26-22(28)16(2)31-21-13-10-18(24)15-20(21)25/h8-13,15-16H,3-7,14H2,1-2H3,(H,26,28)(H,27,29). The fourth-order valence-electron chi connectivity index (χ4n) is 2.71. The van der Waals surface area contributed by atoms with E-state index in [0.29, 0.717) is 33.7 Å². The lowest BCUT2D eigenvalue weighted by molar-refractivity contribution is -0.128. The molecule has 0 spiro atoms. The Bertz CT molecular complexity index is 859. The zero-order valence-electron chi connectivity index (χ0n) is 17.8. The average molecular weight is 467 g/mol. The van der Waals surface area contributed by atoms with E-state index >= 15 is 0 Å². The second-order valence-electron chi connectivity index (χ2n) is 7.07. The number of hydrazine groups is 1. The van der Waals surface area contributed by atoms with Crippen molar-refractivity contribution in [2.75, 3.05) is 6.61 Å². The number of hydrogen-bond acceptors (Lipinski definition) is 4. The van der Waals surface area contributed by atoms with Crippen molar-refractivity contribution in [3.05, 3.63) is 58.1 Å². The molecule has 2 N–H and O–H groups in total. The molecule has 0 aliphatic rings. The van der Waals surface area contributed by atoms with Crippen LogP contribution in [0.4, 0.5) is 0 Å². The summed E-state index contributed by atoms with van der Waals surface area (Å²) >= 11 is 11.9. The van der Waals surface area contributed by atoms with Gasteiger partial charge in [-0.05, 0) is 55.8 Å². The lowest BCUT2D eigenvalue weighted by Crippen LogP contribution is -2.47. The van der Waals surface area contributed by atoms with Gasteiger partial charge in [0.1, 0.15) is 11.5 Å². The minimum absolute atomic E-state index is 0.291. The second-order valence-corrected chi connectivity index (χ2v) is 7.91. The van der Waals surface area contributed by atoms with Crippen molar-refractivity contribution in [3.63, 3.8) is 0 Å². The molecule has 31 heavy (non-hydrogen) atoms. The van der Waals surface area contributed by atoms with Crippen molar-refractivity contribution in [3.8, 4) is 11.5 Å². The van der Waals surface area contributed by atoms with Gasteiger partial charge in [0.2, 0.25) is 0 Å². The van der Waals surface area contributed by atoms with Gasteiger partial charge in [-0.15, -0.1) is 0 Å². The summed E-state index contributed by atoms with van der Waals surface area (Å²) in [5.41, 5.74) is 5.10. The van der Waals surface area contributed by atoms with Crippen molar-refractivity contribution < 1.29 is 19.1 Å². The first-order chi connectivity index (χ1) is 14.9. The van der Waals surface area contributed by atoms with Crippen molar-refractivity contribution in [1.82, 2.24) is 10.9 Å². The third-order valence-electron chi connectivity index (χ3n) is 4.50. The zero-order valence-corrected chi connectivity index (χ0v) is 19.3. The lowest BCUT2D eigenvalue weighted by atomic mass is 10.2. The smallest absolute Gasteiger partial charge is 0.279 e. The van der Waals surface area contributed by atoms with Crippen LogP contribution >= 0.6 is 23.2 Å². The number of carbonyl (C=O) groups excluding carboxylic acids is 2. The summed E-state index contributed by atoms with van der Waals surface area (Å²) in [6.07, 6.45) is 4.97. The predicted molar refractivity (Wildman–Crippen MR) is 123 cm³/mol. The lowest BCUT2D eigenvalue weighted by Gasteiger charge is -2.16. The molecule has 2 amide bonds. The first-order valence-corrected chi connectivity index (χ1v) is 11.1. The number of rotatable bonds is 11. The van der Waals surface area contributed by atoms with Crippen molar-refractivity contribution in [2.24, 2.45) is 0 Å². The number of halogens is 2. The van der Waals surface area contributed by atoms with E-state index < -0.39 is 17.9 Å². The minimum Gasteiger partial charge on any atom is -0.494 e. The Balaban J connectivity index is 1.75. The third kappa shape index (κ3) is 8.67. The van der Waals surface area contributed by atoms with E-state index in [2.05, 4.69) is 17.8 Å². The Hall–Kier alpha value is -2.44. The summed E-state index contributed by atoms with van der Waals surface area (Å²) in [7, 11) is 0. The Labute approximate surface area is 193 Å². The molecule has 1 atom stereocenters. The number of unbranched alkanes of at least 4 members (excludes halogenated alkanes) is 4. The maximum atomic E-state index is 12.3. The molecule has 168 valence electrons. The molecule has 2 aromatic carbocycles. The van der Waals surface area contributed by atoms with Gasteiger partial charge >= 0.3 is 0 Å². The number of hydrogen-bond donors (Lipinski definition) is 2. The maximum absolute atomic E-state index is 12.3. The van der Waals surface area contributed by atoms with Gasteiger partial charge in [0.05, 0.1) is 11.6 Å². The molecule has 0 aliphatic carbocycles. The van der Waals surface area contributed by atoms with E-state index in [1.54, 1.807) is 43.3 Å². The number of benzene rings is 2. The van der Waals surface area contributed by atoms with E-state index in [1.165, 1.54) is 25.3 Å². The maximum Gasteiger partial charge on any atom is 0.279 e. The first kappa shape index (κ1) is 24.8. The van der Waals surface area contributed by atoms with E-state index in [9.17, 15) is 9.59 Å². The van der Waals surface area contributed by atoms with Crippen LogP contribution in [-0.4, -0.2) is 24.5 Å². The first-order valence-electron chi connectivity index (χ1n) is 10.4. The Kier molecular flexibility index (Phi) is 10.5. The molecule has 0 bridgehead atoms. The van der Waals surface area contributed by atoms with Gasteiger partial charge in [-0.2, -0.15) is 0 Å². The topological polar surface area (TPSA) is 76.7 Å². The molecule has 2 aromatic rings. The quantitative estimate of drug-likeness (QED) is 0.335. The third-order valence-corrected chi connectivity index (χ3v) is 5.03. The van der Waals surface area contributed by atoms with Crippen molar-refractivity contribution >= 4 is 35.0 Å². The number of amides is 2. The van der Waals surface area contributed by atoms with Gasteiger partial charge < -0.3 is 9.47 Å². The largest absolute Gasteiger partial charge is 0.494 e. The highest BCUT2D eigenvalue weighted by atomic mass is 35.5. The van der Waals surface area contributed by atoms with Crippen LogP contribution in [0.15, 0.2) is 42.5 Å². The van der Waals surface area contributed by atoms with Gasteiger partial charge in [0.25, 0.3) is 11.8 Å². The van der Waals surface area contributed by atoms with Crippen LogP contribution in [-0.2, 0) is 4.79 Å². The van der Waals surface area contributed by atoms with Gasteiger partial charge in [0, 0.05) is 10.6 Å². The van der Waals surface area contributed by atoms with Crippen LogP contribution in [0, 0.1) is 0 Å². The van der Waals surface area contributed by atoms with Gasteiger partial charge in [-0.3, -0.25) is 20.4 Å². The van der Waals surface area contributed by atoms with E-state index in [0.717, 1.165) is 12.8 Å². The van der Waals surface area contributed by atoms with Crippen LogP contribution in [0.5, 0.6) is 11.5 Å². The van der Waals surface area contributed by atoms with Crippen LogP contribution in [0.1, 0.15) is 56.3 Å². The summed E-state index contributed by atoms with van der Waals surface area (Å²) in [5, 5.41) is 0.754. The molecular formula is C23H28Cl2N2O4. The molecule has 6 nitrogen and oxygen atoms in total. The second kappa shape index (κ2) is 13.1. The number of carbonyl (C=O) groups is 2. The number of nitrogens with one attached hydrogen (secondary N) is 2. The van der Waals surface area contributed by atoms with Gasteiger partial charge in [0.15, 0.2) is 6.10 Å². The average Bonchev–Trinajstić information content (AvgIpc) is 2.76. The van der Waals surface area contributed by atoms with E-state index in [1.807, 2.05) is 0 Å². The zero-order chi connectivity index (χ0) is 22.6. The van der Waals surface area contributed by atoms with Crippen molar-refractivity contribution in [1.29, 1.82) is 0 Å². The van der Waals surface area contributed by atoms with Crippen LogP contribution in [0.2, 0.25) is 10.0 Å². The summed E-state index contributed by atoms with van der Waals surface area (Å²) in [6.45, 7) is 4.38. The van der Waals surface area contributed by atoms with Crippen LogP contribution < -0.4 is 20.3 Å². The normalized spacial score (nSPS) is 11.5. The van der Waals surface area contributed by atoms with E-state index in [-0.39, 0.29) is 0 Å². The molecule has 0 saturated carbocycles. The van der Waals surface area contributed by atoms with Gasteiger partial charge in [-0.1, -0.05) is 55.8 Å². The van der Waals surface area contributed by atoms with Crippen LogP contribution in [0.3, 0.4) is 0 Å². The van der Waals surface area contributed by atoms with E-state index in [4.69, 9.17) is 32.7 Å². The van der Waals surface area contributed by atoms with Crippen LogP contribution in [0.25, 0.3) is 0 Å². The molecule has 1 unspecified atom stereocenters. The fraction of sp³-hybridized carbons (Fsp3) is 0.391. The van der Waals surface area contributed by atoms with Crippen molar-refractivity contribution in [2.45, 2.75) is 52.1 Å². The molecule has 0 aromatic heterocycles.